The fourth-order valence-corrected chi connectivity index (χ4v) is 1.60. The third kappa shape index (κ3) is 3.23. The van der Waals surface area contributed by atoms with Crippen molar-refractivity contribution in [2.45, 2.75) is 6.92 Å². The maximum absolute atomic E-state index is 4.22. The van der Waals surface area contributed by atoms with Crippen molar-refractivity contribution in [3.05, 3.63) is 16.9 Å². The van der Waals surface area contributed by atoms with Crippen LogP contribution in [-0.4, -0.2) is 28.4 Å². The van der Waals surface area contributed by atoms with Crippen LogP contribution in [0.5, 0.6) is 0 Å². The molecular weight excluding hydrogens is 298 g/mol. The molecule has 13 heavy (non-hydrogen) atoms. The van der Waals surface area contributed by atoms with Crippen LogP contribution in [0, 0.1) is 0 Å². The zero-order valence-electron chi connectivity index (χ0n) is 7.37. The summed E-state index contributed by atoms with van der Waals surface area (Å²) >= 11 is 6.70. The second kappa shape index (κ2) is 5.54. The Labute approximate surface area is 94.8 Å². The number of hydrogen-bond acceptors (Lipinski definition) is 3. The number of aromatic nitrogens is 2. The lowest BCUT2D eigenvalue weighted by molar-refractivity contribution is 0.827. The summed E-state index contributed by atoms with van der Waals surface area (Å²) in [6.07, 6.45) is 3.53. The lowest BCUT2D eigenvalue weighted by Gasteiger charge is -2.18. The summed E-state index contributed by atoms with van der Waals surface area (Å²) in [6.45, 7) is 3.94. The lowest BCUT2D eigenvalue weighted by Crippen LogP contribution is -2.26. The van der Waals surface area contributed by atoms with Gasteiger partial charge in [-0.25, -0.2) is 9.97 Å². The maximum Gasteiger partial charge on any atom is 0.225 e. The Morgan fingerprint density at radius 1 is 1.38 bits per heavy atom. The third-order valence-electron chi connectivity index (χ3n) is 1.63. The smallest absolute Gasteiger partial charge is 0.225 e. The highest BCUT2D eigenvalue weighted by molar-refractivity contribution is 9.10. The molecule has 0 N–H and O–H groups in total. The van der Waals surface area contributed by atoms with Gasteiger partial charge in [-0.2, -0.15) is 0 Å². The Bertz CT molecular complexity index is 250. The average molecular weight is 309 g/mol. The molecule has 1 heterocycles. The first-order valence-electron chi connectivity index (χ1n) is 4.06. The Morgan fingerprint density at radius 2 is 2.00 bits per heavy atom. The molecule has 3 nitrogen and oxygen atoms in total. The molecule has 0 spiro atoms. The second-order valence-electron chi connectivity index (χ2n) is 2.47. The highest BCUT2D eigenvalue weighted by Crippen LogP contribution is 2.10. The SMILES string of the molecule is CCN(CCBr)c1ncc(Br)cn1. The number of halogens is 2. The minimum Gasteiger partial charge on any atom is -0.340 e. The van der Waals surface area contributed by atoms with Gasteiger partial charge in [-0.15, -0.1) is 0 Å². The number of nitrogens with zero attached hydrogens (tertiary/aromatic N) is 3. The number of alkyl halides is 1. The zero-order valence-corrected chi connectivity index (χ0v) is 10.5. The van der Waals surface area contributed by atoms with E-state index >= 15 is 0 Å². The summed E-state index contributed by atoms with van der Waals surface area (Å²) < 4.78 is 0.908. The molecule has 0 radical (unpaired) electrons. The van der Waals surface area contributed by atoms with E-state index in [1.54, 1.807) is 12.4 Å². The molecule has 0 fully saturated rings. The van der Waals surface area contributed by atoms with Crippen LogP contribution in [0.25, 0.3) is 0 Å². The Morgan fingerprint density at radius 3 is 2.46 bits per heavy atom. The van der Waals surface area contributed by atoms with Gasteiger partial charge in [0.05, 0.1) is 4.47 Å². The Kier molecular flexibility index (Phi) is 4.66. The lowest BCUT2D eigenvalue weighted by atomic mass is 10.5. The van der Waals surface area contributed by atoms with Crippen LogP contribution in [0.1, 0.15) is 6.92 Å². The van der Waals surface area contributed by atoms with Gasteiger partial charge in [-0.3, -0.25) is 0 Å². The van der Waals surface area contributed by atoms with Crippen molar-refractivity contribution in [2.24, 2.45) is 0 Å². The molecule has 0 aliphatic rings. The molecule has 0 amide bonds. The second-order valence-corrected chi connectivity index (χ2v) is 4.18. The molecule has 5 heteroatoms. The predicted molar refractivity (Wildman–Crippen MR) is 61.4 cm³/mol. The summed E-state index contributed by atoms with van der Waals surface area (Å²) in [4.78, 5) is 10.5. The molecule has 0 aliphatic carbocycles. The first-order chi connectivity index (χ1) is 6.27. The van der Waals surface area contributed by atoms with Gasteiger partial charge in [0.1, 0.15) is 0 Å². The molecule has 1 rings (SSSR count). The van der Waals surface area contributed by atoms with Crippen molar-refractivity contribution < 1.29 is 0 Å². The molecule has 1 aromatic heterocycles. The number of rotatable bonds is 4. The van der Waals surface area contributed by atoms with Crippen LogP contribution in [0.2, 0.25) is 0 Å². The van der Waals surface area contributed by atoms with E-state index in [-0.39, 0.29) is 0 Å². The first-order valence-corrected chi connectivity index (χ1v) is 5.97. The molecule has 0 saturated heterocycles. The van der Waals surface area contributed by atoms with Crippen LogP contribution in [-0.2, 0) is 0 Å². The van der Waals surface area contributed by atoms with E-state index in [4.69, 9.17) is 0 Å². The predicted octanol–water partition coefficient (Wildman–Crippen LogP) is 2.46. The van der Waals surface area contributed by atoms with Crippen LogP contribution >= 0.6 is 31.9 Å². The maximum atomic E-state index is 4.22. The minimum absolute atomic E-state index is 0.783. The van der Waals surface area contributed by atoms with Crippen molar-refractivity contribution >= 4 is 37.8 Å². The van der Waals surface area contributed by atoms with E-state index in [0.717, 1.165) is 28.8 Å². The van der Waals surface area contributed by atoms with Gasteiger partial charge in [0.2, 0.25) is 5.95 Å². The van der Waals surface area contributed by atoms with Gasteiger partial charge in [0.25, 0.3) is 0 Å². The molecule has 0 aliphatic heterocycles. The summed E-state index contributed by atoms with van der Waals surface area (Å²) in [6, 6.07) is 0. The van der Waals surface area contributed by atoms with Crippen molar-refractivity contribution in [1.29, 1.82) is 0 Å². The van der Waals surface area contributed by atoms with Gasteiger partial charge < -0.3 is 4.90 Å². The average Bonchev–Trinajstić information content (AvgIpc) is 2.16. The highest BCUT2D eigenvalue weighted by Gasteiger charge is 2.04. The fraction of sp³-hybridized carbons (Fsp3) is 0.500. The molecule has 0 unspecified atom stereocenters. The van der Waals surface area contributed by atoms with Crippen LogP contribution in [0.4, 0.5) is 5.95 Å². The summed E-state index contributed by atoms with van der Waals surface area (Å²) in [5.74, 6) is 0.783. The molecule has 0 saturated carbocycles. The fourth-order valence-electron chi connectivity index (χ4n) is 0.970. The molecule has 72 valence electrons. The van der Waals surface area contributed by atoms with Crippen LogP contribution in [0.3, 0.4) is 0 Å². The van der Waals surface area contributed by atoms with Crippen molar-refractivity contribution in [1.82, 2.24) is 9.97 Å². The topological polar surface area (TPSA) is 29.0 Å². The van der Waals surface area contributed by atoms with Gasteiger partial charge in [-0.1, -0.05) is 15.9 Å². The molecule has 0 aromatic carbocycles. The molecular formula is C8H11Br2N3. The Balaban J connectivity index is 2.73. The van der Waals surface area contributed by atoms with E-state index in [2.05, 4.69) is 53.7 Å². The van der Waals surface area contributed by atoms with Crippen LogP contribution in [0.15, 0.2) is 16.9 Å². The van der Waals surface area contributed by atoms with E-state index in [1.165, 1.54) is 0 Å². The normalized spacial score (nSPS) is 10.1. The van der Waals surface area contributed by atoms with E-state index < -0.39 is 0 Å². The standard InChI is InChI=1S/C8H11Br2N3/c1-2-13(4-3-9)8-11-5-7(10)6-12-8/h5-6H,2-4H2,1H3. The van der Waals surface area contributed by atoms with Gasteiger partial charge >= 0.3 is 0 Å². The van der Waals surface area contributed by atoms with E-state index in [0.29, 0.717) is 0 Å². The van der Waals surface area contributed by atoms with E-state index in [1.807, 2.05) is 0 Å². The number of anilines is 1. The molecule has 1 aromatic rings. The first kappa shape index (κ1) is 10.9. The summed E-state index contributed by atoms with van der Waals surface area (Å²) in [5, 5.41) is 0.931. The van der Waals surface area contributed by atoms with Crippen molar-refractivity contribution in [2.75, 3.05) is 23.3 Å². The highest BCUT2D eigenvalue weighted by atomic mass is 79.9. The van der Waals surface area contributed by atoms with Crippen molar-refractivity contribution in [3.63, 3.8) is 0 Å². The van der Waals surface area contributed by atoms with Gasteiger partial charge in [0, 0.05) is 30.8 Å². The summed E-state index contributed by atoms with van der Waals surface area (Å²) in [5.41, 5.74) is 0. The number of hydrogen-bond donors (Lipinski definition) is 0. The largest absolute Gasteiger partial charge is 0.340 e. The van der Waals surface area contributed by atoms with E-state index in [9.17, 15) is 0 Å². The Hall–Kier alpha value is -0.160. The molecule has 0 atom stereocenters. The quantitative estimate of drug-likeness (QED) is 0.800. The summed E-state index contributed by atoms with van der Waals surface area (Å²) in [7, 11) is 0. The third-order valence-corrected chi connectivity index (χ3v) is 2.39. The van der Waals surface area contributed by atoms with Crippen LogP contribution < -0.4 is 4.90 Å². The molecule has 0 bridgehead atoms. The van der Waals surface area contributed by atoms with Crippen molar-refractivity contribution in [3.8, 4) is 0 Å². The zero-order chi connectivity index (χ0) is 9.68. The monoisotopic (exact) mass is 307 g/mol. The van der Waals surface area contributed by atoms with Gasteiger partial charge in [0.15, 0.2) is 0 Å². The van der Waals surface area contributed by atoms with Gasteiger partial charge in [-0.05, 0) is 22.9 Å². The minimum atomic E-state index is 0.783.